The number of hydrogen-bond donors (Lipinski definition) is 3. The van der Waals surface area contributed by atoms with Crippen LogP contribution in [0.1, 0.15) is 12.8 Å². The Morgan fingerprint density at radius 2 is 0.795 bits per heavy atom. The third kappa shape index (κ3) is 13.7. The summed E-state index contributed by atoms with van der Waals surface area (Å²) in [5.74, 6) is -3.37. The number of carboxylic acids is 3. The lowest BCUT2D eigenvalue weighted by molar-refractivity contribution is -0.141. The topological polar surface area (TPSA) is 181 Å². The lowest BCUT2D eigenvalue weighted by Crippen LogP contribution is -2.46. The highest BCUT2D eigenvalue weighted by Crippen LogP contribution is 2.05. The summed E-state index contributed by atoms with van der Waals surface area (Å²) in [7, 11) is 0. The highest BCUT2D eigenvalue weighted by atomic mass is 16.5. The molecule has 0 unspecified atom stereocenters. The number of carbonyl (C=O) groups is 5. The van der Waals surface area contributed by atoms with Gasteiger partial charge in [-0.1, -0.05) is 0 Å². The second-order valence-corrected chi connectivity index (χ2v) is 9.50. The molecule has 0 atom stereocenters. The van der Waals surface area contributed by atoms with Gasteiger partial charge >= 0.3 is 17.9 Å². The lowest BCUT2D eigenvalue weighted by atomic mass is 10.3. The first-order valence-corrected chi connectivity index (χ1v) is 13.2. The number of carbonyl (C=O) groups excluding carboxylic acids is 2. The zero-order valence-corrected chi connectivity index (χ0v) is 22.4. The molecule has 0 radical (unpaired) electrons. The molecule has 0 aliphatic carbocycles. The molecule has 2 saturated heterocycles. The molecule has 0 aromatic rings. The molecular formula is C24H41N5O10. The van der Waals surface area contributed by atoms with Crippen LogP contribution in [-0.2, 0) is 33.4 Å². The molecular weight excluding hydrogens is 518 g/mol. The van der Waals surface area contributed by atoms with E-state index >= 15 is 0 Å². The number of morpholine rings is 2. The summed E-state index contributed by atoms with van der Waals surface area (Å²) in [6.07, 6.45) is 0.269. The molecule has 0 saturated carbocycles. The first-order valence-electron chi connectivity index (χ1n) is 13.2. The van der Waals surface area contributed by atoms with Gasteiger partial charge in [0.25, 0.3) is 0 Å². The summed E-state index contributed by atoms with van der Waals surface area (Å²) in [4.78, 5) is 67.3. The van der Waals surface area contributed by atoms with Gasteiger partial charge < -0.3 is 34.6 Å². The molecule has 222 valence electrons. The maximum Gasteiger partial charge on any atom is 0.317 e. The Kier molecular flexibility index (Phi) is 14.7. The number of amides is 2. The van der Waals surface area contributed by atoms with Gasteiger partial charge in [0.2, 0.25) is 11.8 Å². The SMILES string of the molecule is O=C(O)CN(CCC(=O)N1CCOCC1)CCN(CCN(CCC(=O)N1CCOCC1)CC(=O)O)CC(=O)O. The summed E-state index contributed by atoms with van der Waals surface area (Å²) in [5, 5.41) is 28.0. The van der Waals surface area contributed by atoms with Crippen molar-refractivity contribution in [1.29, 1.82) is 0 Å². The van der Waals surface area contributed by atoms with Gasteiger partial charge in [0.05, 0.1) is 46.1 Å². The molecule has 2 fully saturated rings. The lowest BCUT2D eigenvalue weighted by Gasteiger charge is -2.30. The minimum absolute atomic E-state index is 0.0907. The van der Waals surface area contributed by atoms with Gasteiger partial charge in [-0.15, -0.1) is 0 Å². The fourth-order valence-electron chi connectivity index (χ4n) is 4.40. The zero-order valence-electron chi connectivity index (χ0n) is 22.4. The number of rotatable bonds is 18. The van der Waals surface area contributed by atoms with Gasteiger partial charge in [0.15, 0.2) is 0 Å². The Balaban J connectivity index is 1.89. The smallest absolute Gasteiger partial charge is 0.317 e. The average Bonchev–Trinajstić information content (AvgIpc) is 2.91. The van der Waals surface area contributed by atoms with Crippen molar-refractivity contribution in [2.45, 2.75) is 12.8 Å². The fourth-order valence-corrected chi connectivity index (χ4v) is 4.40. The summed E-state index contributed by atoms with van der Waals surface area (Å²) >= 11 is 0. The molecule has 2 heterocycles. The molecule has 0 aromatic carbocycles. The zero-order chi connectivity index (χ0) is 28.6. The predicted molar refractivity (Wildman–Crippen MR) is 136 cm³/mol. The van der Waals surface area contributed by atoms with Crippen LogP contribution < -0.4 is 0 Å². The number of hydrogen-bond acceptors (Lipinski definition) is 10. The summed E-state index contributed by atoms with van der Waals surface area (Å²) in [5.41, 5.74) is 0. The Morgan fingerprint density at radius 3 is 1.08 bits per heavy atom. The maximum atomic E-state index is 12.5. The van der Waals surface area contributed by atoms with Gasteiger partial charge in [0.1, 0.15) is 0 Å². The maximum absolute atomic E-state index is 12.5. The van der Waals surface area contributed by atoms with E-state index in [4.69, 9.17) is 9.47 Å². The van der Waals surface area contributed by atoms with Crippen molar-refractivity contribution in [1.82, 2.24) is 24.5 Å². The normalized spacial score (nSPS) is 16.2. The second-order valence-electron chi connectivity index (χ2n) is 9.50. The van der Waals surface area contributed by atoms with Crippen LogP contribution in [-0.4, -0.2) is 181 Å². The van der Waals surface area contributed by atoms with Crippen molar-refractivity contribution in [3.05, 3.63) is 0 Å². The molecule has 2 amide bonds. The molecule has 3 N–H and O–H groups in total. The molecule has 0 bridgehead atoms. The molecule has 2 aliphatic heterocycles. The van der Waals surface area contributed by atoms with E-state index in [-0.39, 0.29) is 83.6 Å². The predicted octanol–water partition coefficient (Wildman–Crippen LogP) is -2.36. The molecule has 15 nitrogen and oxygen atoms in total. The van der Waals surface area contributed by atoms with Crippen molar-refractivity contribution in [3.63, 3.8) is 0 Å². The first kappa shape index (κ1) is 32.4. The third-order valence-corrected chi connectivity index (χ3v) is 6.55. The van der Waals surface area contributed by atoms with Crippen molar-refractivity contribution in [2.24, 2.45) is 0 Å². The molecule has 0 spiro atoms. The van der Waals surface area contributed by atoms with Crippen LogP contribution in [0, 0.1) is 0 Å². The standard InChI is InChI=1S/C24H41N5O10/c30-20(28-9-13-38-14-10-28)1-3-25(17-22(32)33)5-7-27(19-24(36)37)8-6-26(18-23(34)35)4-2-21(31)29-11-15-39-16-12-29/h1-19H2,(H,32,33)(H,34,35)(H,36,37). The summed E-state index contributed by atoms with van der Waals surface area (Å²) < 4.78 is 10.5. The number of carboxylic acid groups (broad SMARTS) is 3. The molecule has 2 rings (SSSR count). The third-order valence-electron chi connectivity index (χ3n) is 6.55. The average molecular weight is 560 g/mol. The highest BCUT2D eigenvalue weighted by molar-refractivity contribution is 5.77. The Labute approximate surface area is 227 Å². The Hall–Kier alpha value is -2.85. The van der Waals surface area contributed by atoms with Crippen LogP contribution in [0.2, 0.25) is 0 Å². The number of ether oxygens (including phenoxy) is 2. The van der Waals surface area contributed by atoms with Crippen LogP contribution in [0.5, 0.6) is 0 Å². The van der Waals surface area contributed by atoms with E-state index in [2.05, 4.69) is 0 Å². The van der Waals surface area contributed by atoms with Crippen LogP contribution in [0.15, 0.2) is 0 Å². The van der Waals surface area contributed by atoms with Crippen LogP contribution in [0.3, 0.4) is 0 Å². The largest absolute Gasteiger partial charge is 0.480 e. The van der Waals surface area contributed by atoms with E-state index in [1.54, 1.807) is 24.5 Å². The monoisotopic (exact) mass is 559 g/mol. The summed E-state index contributed by atoms with van der Waals surface area (Å²) in [6, 6.07) is 0. The van der Waals surface area contributed by atoms with Gasteiger partial charge in [-0.2, -0.15) is 0 Å². The van der Waals surface area contributed by atoms with Gasteiger partial charge in [-0.3, -0.25) is 38.7 Å². The quantitative estimate of drug-likeness (QED) is 0.162. The van der Waals surface area contributed by atoms with E-state index in [1.807, 2.05) is 0 Å². The first-order chi connectivity index (χ1) is 18.6. The fraction of sp³-hybridized carbons (Fsp3) is 0.792. The van der Waals surface area contributed by atoms with E-state index in [0.29, 0.717) is 52.6 Å². The van der Waals surface area contributed by atoms with Crippen molar-refractivity contribution in [2.75, 3.05) is 112 Å². The molecule has 15 heteroatoms. The van der Waals surface area contributed by atoms with E-state index in [1.165, 1.54) is 0 Å². The van der Waals surface area contributed by atoms with Crippen molar-refractivity contribution in [3.8, 4) is 0 Å². The second kappa shape index (κ2) is 17.7. The van der Waals surface area contributed by atoms with Crippen LogP contribution in [0.4, 0.5) is 0 Å². The van der Waals surface area contributed by atoms with Crippen LogP contribution >= 0.6 is 0 Å². The number of aliphatic carboxylic acids is 3. The van der Waals surface area contributed by atoms with Gasteiger partial charge in [-0.05, 0) is 0 Å². The molecule has 2 aliphatic rings. The van der Waals surface area contributed by atoms with Crippen LogP contribution in [0.25, 0.3) is 0 Å². The highest BCUT2D eigenvalue weighted by Gasteiger charge is 2.22. The Bertz CT molecular complexity index is 759. The minimum atomic E-state index is -1.07. The van der Waals surface area contributed by atoms with E-state index in [9.17, 15) is 39.3 Å². The Morgan fingerprint density at radius 1 is 0.513 bits per heavy atom. The number of nitrogens with zero attached hydrogens (tertiary/aromatic N) is 5. The van der Waals surface area contributed by atoms with E-state index < -0.39 is 17.9 Å². The van der Waals surface area contributed by atoms with Gasteiger partial charge in [0, 0.05) is 78.3 Å². The molecule has 39 heavy (non-hydrogen) atoms. The van der Waals surface area contributed by atoms with Crippen molar-refractivity contribution < 1.29 is 48.8 Å². The van der Waals surface area contributed by atoms with E-state index in [0.717, 1.165) is 0 Å². The van der Waals surface area contributed by atoms with Gasteiger partial charge in [-0.25, -0.2) is 0 Å². The molecule has 0 aromatic heterocycles. The van der Waals surface area contributed by atoms with Crippen molar-refractivity contribution >= 4 is 29.7 Å². The minimum Gasteiger partial charge on any atom is -0.480 e. The summed E-state index contributed by atoms with van der Waals surface area (Å²) in [6.45, 7) is 4.19.